The predicted molar refractivity (Wildman–Crippen MR) is 129 cm³/mol. The van der Waals surface area contributed by atoms with Crippen LogP contribution in [0.3, 0.4) is 0 Å². The molecular formula is C27H24F3N3O3. The number of aliphatic hydroxyl groups excluding tert-OH is 1. The van der Waals surface area contributed by atoms with Crippen LogP contribution in [0, 0.1) is 0 Å². The fourth-order valence-corrected chi connectivity index (χ4v) is 3.84. The fraction of sp³-hybridized carbons (Fsp3) is 0.185. The van der Waals surface area contributed by atoms with E-state index in [1.54, 1.807) is 22.9 Å². The average molecular weight is 496 g/mol. The Morgan fingerprint density at radius 3 is 2.25 bits per heavy atom. The minimum atomic E-state index is -4.48. The topological polar surface area (TPSA) is 76.4 Å². The quantitative estimate of drug-likeness (QED) is 0.345. The van der Waals surface area contributed by atoms with Crippen LogP contribution in [0.5, 0.6) is 5.75 Å². The number of amides is 1. The molecule has 0 aliphatic rings. The molecule has 9 heteroatoms. The van der Waals surface area contributed by atoms with Crippen molar-refractivity contribution in [2.24, 2.45) is 0 Å². The Bertz CT molecular complexity index is 1310. The van der Waals surface area contributed by atoms with Gasteiger partial charge in [0.15, 0.2) is 12.3 Å². The number of halogens is 3. The van der Waals surface area contributed by atoms with E-state index in [-0.39, 0.29) is 31.0 Å². The summed E-state index contributed by atoms with van der Waals surface area (Å²) in [6, 6.07) is 24.9. The Morgan fingerprint density at radius 2 is 1.58 bits per heavy atom. The maximum atomic E-state index is 13.3. The second kappa shape index (κ2) is 11.1. The van der Waals surface area contributed by atoms with Crippen molar-refractivity contribution < 1.29 is 27.8 Å². The van der Waals surface area contributed by atoms with Crippen molar-refractivity contribution in [1.29, 1.82) is 0 Å². The number of nitrogens with zero attached hydrogens (tertiary/aromatic N) is 2. The molecule has 6 nitrogen and oxygen atoms in total. The van der Waals surface area contributed by atoms with Gasteiger partial charge in [0.2, 0.25) is 0 Å². The highest BCUT2D eigenvalue weighted by Crippen LogP contribution is 2.30. The Kier molecular flexibility index (Phi) is 7.70. The largest absolute Gasteiger partial charge is 0.484 e. The number of benzene rings is 3. The molecule has 0 radical (unpaired) electrons. The Balaban J connectivity index is 1.67. The first kappa shape index (κ1) is 25.0. The van der Waals surface area contributed by atoms with Crippen LogP contribution in [0.1, 0.15) is 21.6 Å². The summed E-state index contributed by atoms with van der Waals surface area (Å²) < 4.78 is 44.4. The van der Waals surface area contributed by atoms with E-state index in [0.717, 1.165) is 11.3 Å². The van der Waals surface area contributed by atoms with Gasteiger partial charge in [0.1, 0.15) is 5.75 Å². The fourth-order valence-electron chi connectivity index (χ4n) is 3.84. The van der Waals surface area contributed by atoms with Gasteiger partial charge in [-0.2, -0.15) is 18.3 Å². The van der Waals surface area contributed by atoms with E-state index in [2.05, 4.69) is 10.4 Å². The Hall–Kier alpha value is -4.11. The molecule has 0 atom stereocenters. The third-order valence-corrected chi connectivity index (χ3v) is 5.41. The second-order valence-electron chi connectivity index (χ2n) is 7.96. The lowest BCUT2D eigenvalue weighted by atomic mass is 10.0. The SMILES string of the molecule is O=C(NCc1ccccc1OCC(F)(F)F)c1nn(-c2ccccc2)c(-c2ccccc2)c1CCO. The van der Waals surface area contributed by atoms with Crippen molar-refractivity contribution in [2.75, 3.05) is 13.2 Å². The molecule has 3 aromatic carbocycles. The standard InChI is InChI=1S/C27H24F3N3O3/c28-27(29,30)18-36-23-14-8-7-11-20(23)17-31-26(35)24-22(15-16-34)25(19-9-3-1-4-10-19)33(32-24)21-12-5-2-6-13-21/h1-14,34H,15-18H2,(H,31,35). The highest BCUT2D eigenvalue weighted by atomic mass is 19.4. The smallest absolute Gasteiger partial charge is 0.422 e. The van der Waals surface area contributed by atoms with E-state index in [4.69, 9.17) is 4.74 Å². The van der Waals surface area contributed by atoms with Crippen LogP contribution in [-0.2, 0) is 13.0 Å². The van der Waals surface area contributed by atoms with Crippen molar-refractivity contribution in [3.8, 4) is 22.7 Å². The summed E-state index contributed by atoms with van der Waals surface area (Å²) in [5.74, 6) is -0.485. The summed E-state index contributed by atoms with van der Waals surface area (Å²) in [5, 5.41) is 17.1. The van der Waals surface area contributed by atoms with Gasteiger partial charge in [-0.05, 0) is 18.2 Å². The number of carbonyl (C=O) groups is 1. The summed E-state index contributed by atoms with van der Waals surface area (Å²) >= 11 is 0. The molecule has 4 aromatic rings. The molecule has 0 spiro atoms. The zero-order valence-electron chi connectivity index (χ0n) is 19.2. The van der Waals surface area contributed by atoms with Gasteiger partial charge in [-0.15, -0.1) is 0 Å². The lowest BCUT2D eigenvalue weighted by Gasteiger charge is -2.13. The van der Waals surface area contributed by atoms with E-state index >= 15 is 0 Å². The van der Waals surface area contributed by atoms with Crippen LogP contribution in [0.4, 0.5) is 13.2 Å². The lowest BCUT2D eigenvalue weighted by molar-refractivity contribution is -0.153. The van der Waals surface area contributed by atoms with Crippen LogP contribution in [0.15, 0.2) is 84.9 Å². The molecule has 0 fully saturated rings. The molecule has 4 rings (SSSR count). The molecule has 0 saturated heterocycles. The molecule has 0 saturated carbocycles. The number of aliphatic hydroxyl groups is 1. The monoisotopic (exact) mass is 495 g/mol. The third kappa shape index (κ3) is 5.92. The maximum Gasteiger partial charge on any atom is 0.422 e. The van der Waals surface area contributed by atoms with Crippen LogP contribution in [0.25, 0.3) is 16.9 Å². The first-order valence-corrected chi connectivity index (χ1v) is 11.3. The molecule has 186 valence electrons. The molecule has 2 N–H and O–H groups in total. The third-order valence-electron chi connectivity index (χ3n) is 5.41. The zero-order valence-corrected chi connectivity index (χ0v) is 19.2. The van der Waals surface area contributed by atoms with Crippen LogP contribution in [-0.4, -0.2) is 40.2 Å². The van der Waals surface area contributed by atoms with Gasteiger partial charge in [-0.25, -0.2) is 4.68 Å². The lowest BCUT2D eigenvalue weighted by Crippen LogP contribution is -2.25. The molecule has 1 aromatic heterocycles. The van der Waals surface area contributed by atoms with Gasteiger partial charge in [-0.3, -0.25) is 4.79 Å². The number of aromatic nitrogens is 2. The molecule has 1 amide bonds. The van der Waals surface area contributed by atoms with Crippen molar-refractivity contribution in [1.82, 2.24) is 15.1 Å². The van der Waals surface area contributed by atoms with Crippen molar-refractivity contribution >= 4 is 5.91 Å². The molecule has 36 heavy (non-hydrogen) atoms. The number of alkyl halides is 3. The second-order valence-corrected chi connectivity index (χ2v) is 7.96. The maximum absolute atomic E-state index is 13.3. The summed E-state index contributed by atoms with van der Waals surface area (Å²) in [6.07, 6.45) is -4.29. The molecule has 0 bridgehead atoms. The number of ether oxygens (including phenoxy) is 1. The van der Waals surface area contributed by atoms with Gasteiger partial charge in [-0.1, -0.05) is 66.7 Å². The van der Waals surface area contributed by atoms with Crippen LogP contribution >= 0.6 is 0 Å². The minimum Gasteiger partial charge on any atom is -0.484 e. The number of para-hydroxylation sites is 2. The van der Waals surface area contributed by atoms with E-state index in [9.17, 15) is 23.1 Å². The number of carbonyl (C=O) groups excluding carboxylic acids is 1. The van der Waals surface area contributed by atoms with Gasteiger partial charge < -0.3 is 15.2 Å². The van der Waals surface area contributed by atoms with Gasteiger partial charge in [0.05, 0.1) is 11.4 Å². The number of rotatable bonds is 9. The average Bonchev–Trinajstić information content (AvgIpc) is 3.26. The van der Waals surface area contributed by atoms with Crippen LogP contribution in [0.2, 0.25) is 0 Å². The van der Waals surface area contributed by atoms with E-state index in [1.807, 2.05) is 60.7 Å². The van der Waals surface area contributed by atoms with E-state index in [0.29, 0.717) is 16.8 Å². The molecule has 0 aliphatic heterocycles. The van der Waals surface area contributed by atoms with Crippen molar-refractivity contribution in [2.45, 2.75) is 19.1 Å². The zero-order chi connectivity index (χ0) is 25.5. The Morgan fingerprint density at radius 1 is 0.944 bits per heavy atom. The van der Waals surface area contributed by atoms with Gasteiger partial charge in [0.25, 0.3) is 5.91 Å². The highest BCUT2D eigenvalue weighted by molar-refractivity contribution is 5.96. The number of nitrogens with one attached hydrogen (secondary N) is 1. The van der Waals surface area contributed by atoms with E-state index < -0.39 is 18.7 Å². The first-order chi connectivity index (χ1) is 17.4. The summed E-state index contributed by atoms with van der Waals surface area (Å²) in [5.41, 5.74) is 3.31. The predicted octanol–water partition coefficient (Wildman–Crippen LogP) is 4.95. The molecular weight excluding hydrogens is 471 g/mol. The van der Waals surface area contributed by atoms with E-state index in [1.165, 1.54) is 6.07 Å². The van der Waals surface area contributed by atoms with Gasteiger partial charge >= 0.3 is 6.18 Å². The van der Waals surface area contributed by atoms with Crippen molar-refractivity contribution in [3.05, 3.63) is 102 Å². The minimum absolute atomic E-state index is 0.0329. The number of hydrogen-bond donors (Lipinski definition) is 2. The molecule has 1 heterocycles. The highest BCUT2D eigenvalue weighted by Gasteiger charge is 2.29. The summed E-state index contributed by atoms with van der Waals surface area (Å²) in [4.78, 5) is 13.3. The number of hydrogen-bond acceptors (Lipinski definition) is 4. The molecule has 0 unspecified atom stereocenters. The summed E-state index contributed by atoms with van der Waals surface area (Å²) in [7, 11) is 0. The normalized spacial score (nSPS) is 11.3. The Labute approximate surface area is 206 Å². The summed E-state index contributed by atoms with van der Waals surface area (Å²) in [6.45, 7) is -1.69. The molecule has 0 aliphatic carbocycles. The van der Waals surface area contributed by atoms with Crippen LogP contribution < -0.4 is 10.1 Å². The van der Waals surface area contributed by atoms with Crippen molar-refractivity contribution in [3.63, 3.8) is 0 Å². The van der Waals surface area contributed by atoms with Gasteiger partial charge in [0, 0.05) is 36.3 Å². The first-order valence-electron chi connectivity index (χ1n) is 11.3.